The molecule has 1 amide bonds. The maximum absolute atomic E-state index is 13.4. The molecule has 1 aromatic rings. The summed E-state index contributed by atoms with van der Waals surface area (Å²) in [6, 6.07) is 4.81. The Kier molecular flexibility index (Phi) is 12.9. The maximum Gasteiger partial charge on any atom is 0.331 e. The van der Waals surface area contributed by atoms with E-state index in [1.807, 2.05) is 0 Å². The van der Waals surface area contributed by atoms with Crippen LogP contribution in [0.2, 0.25) is 0 Å². The topological polar surface area (TPSA) is 220 Å². The van der Waals surface area contributed by atoms with Crippen LogP contribution in [0, 0.1) is 10.1 Å². The molecule has 0 atom stereocenters. The van der Waals surface area contributed by atoms with Crippen LogP contribution in [0.4, 0.5) is 5.69 Å². The van der Waals surface area contributed by atoms with Crippen molar-refractivity contribution in [2.24, 2.45) is 0 Å². The number of benzene rings is 1. The fourth-order valence-electron chi connectivity index (χ4n) is 4.80. The molecular weight excluding hydrogens is 584 g/mol. The van der Waals surface area contributed by atoms with Gasteiger partial charge < -0.3 is 34.5 Å². The minimum Gasteiger partial charge on any atom is -0.549 e. The second-order valence-corrected chi connectivity index (χ2v) is 10.7. The fraction of sp³-hybridized carbons (Fsp3) is 0.593. The highest BCUT2D eigenvalue weighted by Gasteiger charge is 2.35. The zero-order chi connectivity index (χ0) is 32.2. The van der Waals surface area contributed by atoms with E-state index in [1.165, 1.54) is 29.2 Å². The van der Waals surface area contributed by atoms with Crippen molar-refractivity contribution < 1.29 is 49.0 Å². The van der Waals surface area contributed by atoms with Gasteiger partial charge in [0.05, 0.1) is 30.0 Å². The van der Waals surface area contributed by atoms with Crippen LogP contribution >= 0.6 is 0 Å². The van der Waals surface area contributed by atoms with E-state index in [2.05, 4.69) is 0 Å². The smallest absolute Gasteiger partial charge is 0.331 e. The van der Waals surface area contributed by atoms with Gasteiger partial charge in [-0.2, -0.15) is 0 Å². The lowest BCUT2D eigenvalue weighted by Crippen LogP contribution is -2.52. The molecule has 242 valence electrons. The number of hydrogen-bond donors (Lipinski definition) is 1. The highest BCUT2D eigenvalue weighted by molar-refractivity contribution is 5.84. The zero-order valence-corrected chi connectivity index (χ0v) is 24.2. The molecule has 0 spiro atoms. The van der Waals surface area contributed by atoms with Gasteiger partial charge in [0.15, 0.2) is 0 Å². The lowest BCUT2D eigenvalue weighted by Gasteiger charge is -2.34. The normalized spacial score (nSPS) is 18.0. The summed E-state index contributed by atoms with van der Waals surface area (Å²) in [5.41, 5.74) is -0.166. The number of ether oxygens (including phenoxy) is 1. The van der Waals surface area contributed by atoms with Gasteiger partial charge in [0.1, 0.15) is 12.3 Å². The molecule has 1 saturated carbocycles. The SMILES string of the molecule is O=C([O-])CN1CCN(CC(=O)[O-])CCN(CC(=O)N(CC(=O)Oc2ccc([N+](=O)[O-])cc2)C2CC2)CCN(CC(=O)O)CC1. The minimum absolute atomic E-state index is 0.0941. The third-order valence-electron chi connectivity index (χ3n) is 7.24. The number of non-ortho nitro benzene ring substituents is 1. The molecule has 1 aliphatic carbocycles. The number of rotatable bonds is 13. The number of nitrogens with zero attached hydrogens (tertiary/aromatic N) is 6. The average Bonchev–Trinajstić information content (AvgIpc) is 3.78. The first-order valence-electron chi connectivity index (χ1n) is 14.1. The van der Waals surface area contributed by atoms with E-state index >= 15 is 0 Å². The van der Waals surface area contributed by atoms with Gasteiger partial charge in [0, 0.05) is 83.6 Å². The Balaban J connectivity index is 1.69. The summed E-state index contributed by atoms with van der Waals surface area (Å²) in [5, 5.41) is 42.9. The number of nitro benzene ring substituents is 1. The van der Waals surface area contributed by atoms with Crippen molar-refractivity contribution in [2.45, 2.75) is 18.9 Å². The third-order valence-corrected chi connectivity index (χ3v) is 7.24. The van der Waals surface area contributed by atoms with E-state index in [-0.39, 0.29) is 95.4 Å². The Bertz CT molecular complexity index is 1160. The van der Waals surface area contributed by atoms with Gasteiger partial charge in [-0.3, -0.25) is 39.3 Å². The standard InChI is InChI=1S/C27H38N6O11/c34-23(32(20-1-2-20)19-27(41)44-22-5-3-21(4-6-22)33(42)43)15-28-7-9-29(16-24(35)36)11-13-31(18-26(39)40)14-12-30(10-8-28)17-25(37)38/h3-6,20H,1-2,7-19H2,(H,35,36)(H,37,38)(H,39,40)/p-2. The fourth-order valence-corrected chi connectivity index (χ4v) is 4.80. The number of nitro groups is 1. The summed E-state index contributed by atoms with van der Waals surface area (Å²) in [7, 11) is 0. The highest BCUT2D eigenvalue weighted by Crippen LogP contribution is 2.27. The van der Waals surface area contributed by atoms with E-state index < -0.39 is 41.9 Å². The summed E-state index contributed by atoms with van der Waals surface area (Å²) in [4.78, 5) is 78.4. The van der Waals surface area contributed by atoms with Gasteiger partial charge in [-0.05, 0) is 25.0 Å². The van der Waals surface area contributed by atoms with E-state index in [4.69, 9.17) is 4.74 Å². The Morgan fingerprint density at radius 1 is 0.773 bits per heavy atom. The molecule has 17 heteroatoms. The molecule has 44 heavy (non-hydrogen) atoms. The van der Waals surface area contributed by atoms with Crippen LogP contribution in [0.15, 0.2) is 24.3 Å². The number of aliphatic carboxylic acids is 3. The molecule has 2 aliphatic rings. The van der Waals surface area contributed by atoms with Crippen molar-refractivity contribution >= 4 is 35.5 Å². The molecule has 3 rings (SSSR count). The Hall–Kier alpha value is -4.19. The molecule has 1 N–H and O–H groups in total. The number of carbonyl (C=O) groups is 5. The van der Waals surface area contributed by atoms with Crippen LogP contribution in [-0.4, -0.2) is 155 Å². The molecule has 1 saturated heterocycles. The lowest BCUT2D eigenvalue weighted by molar-refractivity contribution is -0.384. The first-order chi connectivity index (χ1) is 20.9. The Morgan fingerprint density at radius 2 is 1.20 bits per heavy atom. The predicted molar refractivity (Wildman–Crippen MR) is 147 cm³/mol. The van der Waals surface area contributed by atoms with Crippen LogP contribution in [0.25, 0.3) is 0 Å². The molecule has 1 heterocycles. The van der Waals surface area contributed by atoms with E-state index in [0.717, 1.165) is 0 Å². The highest BCUT2D eigenvalue weighted by atomic mass is 16.6. The molecule has 0 bridgehead atoms. The number of amides is 1. The summed E-state index contributed by atoms with van der Waals surface area (Å²) in [6.07, 6.45) is 1.40. The van der Waals surface area contributed by atoms with E-state index in [9.17, 15) is 49.4 Å². The van der Waals surface area contributed by atoms with Gasteiger partial charge in [0.2, 0.25) is 5.91 Å². The predicted octanol–water partition coefficient (Wildman–Crippen LogP) is -3.70. The van der Waals surface area contributed by atoms with E-state index in [0.29, 0.717) is 12.8 Å². The van der Waals surface area contributed by atoms with Crippen LogP contribution < -0.4 is 14.9 Å². The van der Waals surface area contributed by atoms with Crippen molar-refractivity contribution in [2.75, 3.05) is 85.1 Å². The molecule has 1 aliphatic heterocycles. The van der Waals surface area contributed by atoms with Gasteiger partial charge in [-0.1, -0.05) is 0 Å². The van der Waals surface area contributed by atoms with Gasteiger partial charge in [0.25, 0.3) is 5.69 Å². The van der Waals surface area contributed by atoms with Crippen molar-refractivity contribution in [3.05, 3.63) is 34.4 Å². The van der Waals surface area contributed by atoms with Gasteiger partial charge >= 0.3 is 11.9 Å². The first-order valence-corrected chi connectivity index (χ1v) is 14.1. The average molecular weight is 621 g/mol. The van der Waals surface area contributed by atoms with Crippen LogP contribution in [0.1, 0.15) is 12.8 Å². The van der Waals surface area contributed by atoms with Gasteiger partial charge in [-0.15, -0.1) is 0 Å². The molecule has 0 radical (unpaired) electrons. The van der Waals surface area contributed by atoms with Gasteiger partial charge in [-0.25, -0.2) is 4.79 Å². The number of carbonyl (C=O) groups excluding carboxylic acids is 4. The molecule has 1 aromatic carbocycles. The zero-order valence-electron chi connectivity index (χ0n) is 24.2. The first kappa shape index (κ1) is 34.3. The molecule has 17 nitrogen and oxygen atoms in total. The Labute approximate surface area is 253 Å². The minimum atomic E-state index is -1.31. The molecular formula is C27H36N6O11-2. The maximum atomic E-state index is 13.4. The van der Waals surface area contributed by atoms with Crippen molar-refractivity contribution in [3.63, 3.8) is 0 Å². The molecule has 2 fully saturated rings. The number of hydrogen-bond acceptors (Lipinski definition) is 14. The van der Waals surface area contributed by atoms with Crippen LogP contribution in [0.5, 0.6) is 5.75 Å². The van der Waals surface area contributed by atoms with Crippen molar-refractivity contribution in [3.8, 4) is 5.75 Å². The Morgan fingerprint density at radius 3 is 1.59 bits per heavy atom. The molecule has 0 aromatic heterocycles. The lowest BCUT2D eigenvalue weighted by atomic mass is 10.3. The second kappa shape index (κ2) is 16.6. The van der Waals surface area contributed by atoms with Crippen LogP contribution in [0.3, 0.4) is 0 Å². The van der Waals surface area contributed by atoms with Crippen LogP contribution in [-0.2, 0) is 24.0 Å². The summed E-state index contributed by atoms with van der Waals surface area (Å²) >= 11 is 0. The largest absolute Gasteiger partial charge is 0.549 e. The number of carboxylic acids is 3. The molecule has 0 unspecified atom stereocenters. The summed E-state index contributed by atoms with van der Waals surface area (Å²) < 4.78 is 5.28. The monoisotopic (exact) mass is 620 g/mol. The summed E-state index contributed by atoms with van der Waals surface area (Å²) in [6.45, 7) is 0.100. The number of carboxylic acid groups (broad SMARTS) is 3. The van der Waals surface area contributed by atoms with Crippen molar-refractivity contribution in [1.82, 2.24) is 24.5 Å². The quantitative estimate of drug-likeness (QED) is 0.0970. The second-order valence-electron chi connectivity index (χ2n) is 10.7. The van der Waals surface area contributed by atoms with E-state index in [1.54, 1.807) is 19.6 Å². The number of esters is 1. The third kappa shape index (κ3) is 12.2. The summed E-state index contributed by atoms with van der Waals surface area (Å²) in [5.74, 6) is -4.69. The van der Waals surface area contributed by atoms with Crippen molar-refractivity contribution in [1.29, 1.82) is 0 Å².